The third-order valence-corrected chi connectivity index (χ3v) is 7.60. The van der Waals surface area contributed by atoms with Gasteiger partial charge in [-0.05, 0) is 24.3 Å². The zero-order valence-electron chi connectivity index (χ0n) is 19.4. The highest BCUT2D eigenvalue weighted by molar-refractivity contribution is 6.40. The Bertz CT molecular complexity index is 1850. The van der Waals surface area contributed by atoms with E-state index in [1.54, 1.807) is 18.2 Å². The van der Waals surface area contributed by atoms with E-state index in [9.17, 15) is 40.2 Å². The molecule has 7 rings (SSSR count). The van der Waals surface area contributed by atoms with Crippen LogP contribution in [0, 0.1) is 0 Å². The maximum Gasteiger partial charge on any atom is 0.259 e. The van der Waals surface area contributed by atoms with Crippen LogP contribution in [0.3, 0.4) is 0 Å². The number of imide groups is 1. The molecule has 8 N–H and O–H groups in total. The Balaban J connectivity index is 1.74. The van der Waals surface area contributed by atoms with E-state index in [1.807, 2.05) is 0 Å². The summed E-state index contributed by atoms with van der Waals surface area (Å²) in [6.45, 7) is -0.661. The number of aromatic nitrogens is 2. The first-order chi connectivity index (χ1) is 18.2. The number of aromatic hydroxyl groups is 2. The third kappa shape index (κ3) is 2.69. The number of benzene rings is 3. The maximum atomic E-state index is 13.2. The van der Waals surface area contributed by atoms with Gasteiger partial charge in [0, 0.05) is 10.8 Å². The molecule has 0 saturated carbocycles. The van der Waals surface area contributed by atoms with Gasteiger partial charge in [-0.15, -0.1) is 0 Å². The van der Waals surface area contributed by atoms with Gasteiger partial charge in [-0.3, -0.25) is 14.9 Å². The molecule has 2 aromatic heterocycles. The molecule has 3 aromatic carbocycles. The second-order valence-electron chi connectivity index (χ2n) is 9.59. The van der Waals surface area contributed by atoms with E-state index < -0.39 is 49.1 Å². The van der Waals surface area contributed by atoms with Gasteiger partial charge < -0.3 is 44.9 Å². The molecule has 0 bridgehead atoms. The molecule has 12 nitrogen and oxygen atoms in total. The maximum absolute atomic E-state index is 13.2. The van der Waals surface area contributed by atoms with Crippen LogP contribution in [0.4, 0.5) is 0 Å². The molecule has 12 heteroatoms. The second kappa shape index (κ2) is 7.66. The number of aliphatic hydroxyl groups is 4. The molecular formula is C26H21N3O9. The summed E-state index contributed by atoms with van der Waals surface area (Å²) >= 11 is 0. The lowest BCUT2D eigenvalue weighted by molar-refractivity contribution is -0.249. The number of ether oxygens (including phenoxy) is 1. The number of aliphatic hydroxyl groups excluding tert-OH is 4. The molecule has 0 aliphatic carbocycles. The van der Waals surface area contributed by atoms with E-state index in [-0.39, 0.29) is 49.8 Å². The van der Waals surface area contributed by atoms with E-state index in [0.29, 0.717) is 16.4 Å². The summed E-state index contributed by atoms with van der Waals surface area (Å²) in [5.74, 6) is -1.74. The van der Waals surface area contributed by atoms with Crippen LogP contribution in [0.25, 0.3) is 43.6 Å². The Morgan fingerprint density at radius 3 is 2.18 bits per heavy atom. The van der Waals surface area contributed by atoms with Crippen molar-refractivity contribution in [3.63, 3.8) is 0 Å². The topological polar surface area (TPSA) is 197 Å². The monoisotopic (exact) mass is 519 g/mol. The number of aromatic amines is 1. The number of phenolic OH excluding ortho intramolecular Hbond substituents is 2. The number of amides is 2. The number of nitrogens with zero attached hydrogens (tertiary/aromatic N) is 1. The van der Waals surface area contributed by atoms with Crippen LogP contribution in [0.2, 0.25) is 0 Å². The van der Waals surface area contributed by atoms with Gasteiger partial charge in [0.25, 0.3) is 11.8 Å². The average Bonchev–Trinajstić information content (AvgIpc) is 3.53. The fraction of sp³-hybridized carbons (Fsp3) is 0.231. The van der Waals surface area contributed by atoms with Crippen LogP contribution in [0.5, 0.6) is 11.5 Å². The van der Waals surface area contributed by atoms with Gasteiger partial charge >= 0.3 is 0 Å². The first kappa shape index (κ1) is 23.0. The van der Waals surface area contributed by atoms with Crippen molar-refractivity contribution < 1.29 is 45.0 Å². The molecule has 0 radical (unpaired) electrons. The standard InChI is InChI=1S/C26H21N3O9/c30-7-12-21(33)22(34)23(35)26(38-12)29-9-4-2-6-11(32)14(9)16-18-17(24(36)28-25(18)37)15-13-8(3-1-5-10(13)31)27-19(15)20(16)29/h1-6,12,21-23,26-27,30-35H,7H2,(H,28,36,37). The highest BCUT2D eigenvalue weighted by Gasteiger charge is 2.46. The molecule has 5 atom stereocenters. The Hall–Kier alpha value is -4.20. The zero-order chi connectivity index (χ0) is 26.6. The van der Waals surface area contributed by atoms with E-state index in [1.165, 1.54) is 22.8 Å². The second-order valence-corrected chi connectivity index (χ2v) is 9.59. The smallest absolute Gasteiger partial charge is 0.259 e. The predicted molar refractivity (Wildman–Crippen MR) is 133 cm³/mol. The summed E-state index contributed by atoms with van der Waals surface area (Å²) in [5.41, 5.74) is 1.26. The minimum atomic E-state index is -1.70. The Kier molecular flexibility index (Phi) is 4.63. The molecule has 38 heavy (non-hydrogen) atoms. The molecule has 0 spiro atoms. The Morgan fingerprint density at radius 2 is 1.47 bits per heavy atom. The number of carbonyl (C=O) groups excluding carboxylic acids is 2. The molecule has 194 valence electrons. The molecule has 5 aromatic rings. The minimum absolute atomic E-state index is 0.0151. The lowest BCUT2D eigenvalue weighted by atomic mass is 9.96. The van der Waals surface area contributed by atoms with E-state index in [0.717, 1.165) is 0 Å². The SMILES string of the molecule is O=C1NC(=O)c2c1c1c([nH]c3cccc(O)c31)c1c2c2c(O)cccc2n1C1OC(CO)C(O)C(O)C1O. The number of H-pyrrole nitrogens is 1. The van der Waals surface area contributed by atoms with Crippen molar-refractivity contribution in [1.29, 1.82) is 0 Å². The van der Waals surface area contributed by atoms with Gasteiger partial charge in [-0.1, -0.05) is 12.1 Å². The summed E-state index contributed by atoms with van der Waals surface area (Å²) < 4.78 is 7.34. The van der Waals surface area contributed by atoms with Crippen LogP contribution in [0.15, 0.2) is 36.4 Å². The quantitative estimate of drug-likeness (QED) is 0.155. The van der Waals surface area contributed by atoms with E-state index in [2.05, 4.69) is 10.3 Å². The summed E-state index contributed by atoms with van der Waals surface area (Å²) in [7, 11) is 0. The summed E-state index contributed by atoms with van der Waals surface area (Å²) in [5, 5.41) is 66.7. The number of carbonyl (C=O) groups is 2. The van der Waals surface area contributed by atoms with Crippen molar-refractivity contribution in [1.82, 2.24) is 14.9 Å². The molecule has 4 heterocycles. The third-order valence-electron chi connectivity index (χ3n) is 7.60. The fourth-order valence-electron chi connectivity index (χ4n) is 5.98. The van der Waals surface area contributed by atoms with Crippen LogP contribution < -0.4 is 5.32 Å². The lowest BCUT2D eigenvalue weighted by Gasteiger charge is -2.41. The highest BCUT2D eigenvalue weighted by Crippen LogP contribution is 2.48. The highest BCUT2D eigenvalue weighted by atomic mass is 16.6. The first-order valence-corrected chi connectivity index (χ1v) is 11.9. The number of nitrogens with one attached hydrogen (secondary N) is 2. The summed E-state index contributed by atoms with van der Waals surface area (Å²) in [6, 6.07) is 9.27. The molecule has 5 unspecified atom stereocenters. The Morgan fingerprint density at radius 1 is 0.816 bits per heavy atom. The van der Waals surface area contributed by atoms with Crippen molar-refractivity contribution in [2.75, 3.05) is 6.61 Å². The molecular weight excluding hydrogens is 498 g/mol. The minimum Gasteiger partial charge on any atom is -0.507 e. The summed E-state index contributed by atoms with van der Waals surface area (Å²) in [4.78, 5) is 29.5. The number of rotatable bonds is 2. The first-order valence-electron chi connectivity index (χ1n) is 11.9. The molecule has 2 aliphatic heterocycles. The fourth-order valence-corrected chi connectivity index (χ4v) is 5.98. The van der Waals surface area contributed by atoms with Crippen molar-refractivity contribution >= 4 is 55.4 Å². The zero-order valence-corrected chi connectivity index (χ0v) is 19.4. The summed E-state index contributed by atoms with van der Waals surface area (Å²) in [6.07, 6.45) is -7.62. The van der Waals surface area contributed by atoms with Crippen molar-refractivity contribution in [3.05, 3.63) is 47.5 Å². The molecule has 1 fully saturated rings. The molecule has 2 amide bonds. The van der Waals surface area contributed by atoms with Crippen LogP contribution in [0.1, 0.15) is 26.9 Å². The van der Waals surface area contributed by atoms with E-state index >= 15 is 0 Å². The lowest BCUT2D eigenvalue weighted by Crippen LogP contribution is -2.56. The van der Waals surface area contributed by atoms with Gasteiger partial charge in [0.15, 0.2) is 6.23 Å². The van der Waals surface area contributed by atoms with Gasteiger partial charge in [-0.25, -0.2) is 0 Å². The average molecular weight is 519 g/mol. The van der Waals surface area contributed by atoms with Crippen LogP contribution in [-0.2, 0) is 4.74 Å². The van der Waals surface area contributed by atoms with Gasteiger partial charge in [0.1, 0.15) is 35.9 Å². The number of hydrogen-bond acceptors (Lipinski definition) is 9. The van der Waals surface area contributed by atoms with E-state index in [4.69, 9.17) is 4.74 Å². The number of hydrogen-bond donors (Lipinski definition) is 8. The van der Waals surface area contributed by atoms with Crippen molar-refractivity contribution in [2.45, 2.75) is 30.6 Å². The normalized spacial score (nSPS) is 25.6. The van der Waals surface area contributed by atoms with Crippen LogP contribution in [-0.4, -0.2) is 83.0 Å². The Labute approximate surface area is 211 Å². The van der Waals surface area contributed by atoms with Gasteiger partial charge in [-0.2, -0.15) is 0 Å². The molecule has 2 aliphatic rings. The van der Waals surface area contributed by atoms with Crippen molar-refractivity contribution in [3.8, 4) is 11.5 Å². The number of fused-ring (bicyclic) bond motifs is 10. The van der Waals surface area contributed by atoms with Gasteiger partial charge in [0.2, 0.25) is 0 Å². The van der Waals surface area contributed by atoms with Gasteiger partial charge in [0.05, 0.1) is 50.6 Å². The largest absolute Gasteiger partial charge is 0.507 e. The van der Waals surface area contributed by atoms with Crippen molar-refractivity contribution in [2.24, 2.45) is 0 Å². The number of phenols is 2. The van der Waals surface area contributed by atoms with Crippen LogP contribution >= 0.6 is 0 Å². The predicted octanol–water partition coefficient (Wildman–Crippen LogP) is 0.696. The molecule has 1 saturated heterocycles.